The first kappa shape index (κ1) is 19.7. The molecule has 3 unspecified atom stereocenters. The largest absolute Gasteiger partial charge is 0.444 e. The molecule has 0 radical (unpaired) electrons. The summed E-state index contributed by atoms with van der Waals surface area (Å²) in [6.07, 6.45) is 1.64. The first-order valence-corrected chi connectivity index (χ1v) is 8.61. The van der Waals surface area contributed by atoms with Crippen LogP contribution in [0.2, 0.25) is 0 Å². The van der Waals surface area contributed by atoms with Crippen LogP contribution in [0.3, 0.4) is 0 Å². The number of ether oxygens (including phenoxy) is 1. The first-order valence-electron chi connectivity index (χ1n) is 8.61. The smallest absolute Gasteiger partial charge is 0.407 e. The first-order chi connectivity index (χ1) is 10.7. The Hall–Kier alpha value is -1.30. The van der Waals surface area contributed by atoms with Gasteiger partial charge in [-0.2, -0.15) is 0 Å². The topological polar surface area (TPSA) is 78.9 Å². The van der Waals surface area contributed by atoms with Gasteiger partial charge in [0.15, 0.2) is 0 Å². The normalized spacial score (nSPS) is 23.3. The van der Waals surface area contributed by atoms with Gasteiger partial charge in [0.25, 0.3) is 0 Å². The van der Waals surface area contributed by atoms with Gasteiger partial charge in [0.2, 0.25) is 5.91 Å². The van der Waals surface area contributed by atoms with E-state index in [1.54, 1.807) is 4.90 Å². The molecule has 0 saturated carbocycles. The molecule has 0 spiro atoms. The number of carbonyl (C=O) groups excluding carboxylic acids is 2. The van der Waals surface area contributed by atoms with Crippen LogP contribution >= 0.6 is 0 Å². The standard InChI is InChI=1S/C17H32N2O4/c1-6-8-15(21)19-10-12(14(20)7-2)9-13(11-19)18-16(22)23-17(3,4)5/h12-14,20H,6-11H2,1-5H3,(H,18,22). The van der Waals surface area contributed by atoms with Crippen LogP contribution in [0.5, 0.6) is 0 Å². The molecule has 2 amide bonds. The van der Waals surface area contributed by atoms with Crippen molar-refractivity contribution in [1.29, 1.82) is 0 Å². The van der Waals surface area contributed by atoms with Gasteiger partial charge < -0.3 is 20.1 Å². The SMILES string of the molecule is CCCC(=O)N1CC(NC(=O)OC(C)(C)C)CC(C(O)CC)C1. The fraction of sp³-hybridized carbons (Fsp3) is 0.882. The van der Waals surface area contributed by atoms with Crippen molar-refractivity contribution in [3.8, 4) is 0 Å². The number of likely N-dealkylation sites (tertiary alicyclic amines) is 1. The highest BCUT2D eigenvalue weighted by atomic mass is 16.6. The quantitative estimate of drug-likeness (QED) is 0.811. The van der Waals surface area contributed by atoms with Crippen molar-refractivity contribution in [2.24, 2.45) is 5.92 Å². The minimum atomic E-state index is -0.557. The Morgan fingerprint density at radius 3 is 2.48 bits per heavy atom. The van der Waals surface area contributed by atoms with E-state index >= 15 is 0 Å². The van der Waals surface area contributed by atoms with Gasteiger partial charge in [-0.1, -0.05) is 13.8 Å². The van der Waals surface area contributed by atoms with Crippen molar-refractivity contribution in [3.05, 3.63) is 0 Å². The molecule has 0 aromatic carbocycles. The Bertz CT molecular complexity index is 406. The van der Waals surface area contributed by atoms with Crippen molar-refractivity contribution in [1.82, 2.24) is 10.2 Å². The van der Waals surface area contributed by atoms with Crippen LogP contribution in [0.1, 0.15) is 60.3 Å². The zero-order chi connectivity index (χ0) is 17.6. The highest BCUT2D eigenvalue weighted by Crippen LogP contribution is 2.23. The average molecular weight is 328 g/mol. The van der Waals surface area contributed by atoms with Gasteiger partial charge in [0, 0.05) is 25.4 Å². The second-order valence-corrected chi connectivity index (χ2v) is 7.36. The summed E-state index contributed by atoms with van der Waals surface area (Å²) in [5, 5.41) is 13.0. The van der Waals surface area contributed by atoms with E-state index in [2.05, 4.69) is 5.32 Å². The number of aliphatic hydroxyl groups excluding tert-OH is 1. The summed E-state index contributed by atoms with van der Waals surface area (Å²) in [6.45, 7) is 10.4. The van der Waals surface area contributed by atoms with Crippen molar-refractivity contribution >= 4 is 12.0 Å². The van der Waals surface area contributed by atoms with Crippen LogP contribution < -0.4 is 5.32 Å². The van der Waals surface area contributed by atoms with E-state index in [-0.39, 0.29) is 17.9 Å². The molecule has 23 heavy (non-hydrogen) atoms. The van der Waals surface area contributed by atoms with Gasteiger partial charge in [-0.15, -0.1) is 0 Å². The van der Waals surface area contributed by atoms with Gasteiger partial charge in [-0.05, 0) is 40.0 Å². The molecule has 6 heteroatoms. The molecule has 1 fully saturated rings. The average Bonchev–Trinajstić information content (AvgIpc) is 2.44. The summed E-state index contributed by atoms with van der Waals surface area (Å²) >= 11 is 0. The third-order valence-electron chi connectivity index (χ3n) is 3.98. The molecule has 1 aliphatic rings. The summed E-state index contributed by atoms with van der Waals surface area (Å²) < 4.78 is 5.29. The maximum Gasteiger partial charge on any atom is 0.407 e. The zero-order valence-corrected chi connectivity index (χ0v) is 15.1. The summed E-state index contributed by atoms with van der Waals surface area (Å²) in [7, 11) is 0. The summed E-state index contributed by atoms with van der Waals surface area (Å²) in [6, 6.07) is -0.189. The van der Waals surface area contributed by atoms with E-state index in [1.807, 2.05) is 34.6 Å². The van der Waals surface area contributed by atoms with Crippen molar-refractivity contribution < 1.29 is 19.4 Å². The van der Waals surface area contributed by atoms with Gasteiger partial charge in [-0.3, -0.25) is 4.79 Å². The second kappa shape index (κ2) is 8.52. The molecule has 1 aliphatic heterocycles. The number of hydrogen-bond acceptors (Lipinski definition) is 4. The predicted molar refractivity (Wildman–Crippen MR) is 89.1 cm³/mol. The molecule has 3 atom stereocenters. The number of nitrogens with one attached hydrogen (secondary N) is 1. The lowest BCUT2D eigenvalue weighted by molar-refractivity contribution is -0.134. The van der Waals surface area contributed by atoms with Gasteiger partial charge in [0.1, 0.15) is 5.60 Å². The van der Waals surface area contributed by atoms with E-state index in [9.17, 15) is 14.7 Å². The summed E-state index contributed by atoms with van der Waals surface area (Å²) in [4.78, 5) is 26.0. The predicted octanol–water partition coefficient (Wildman–Crippen LogP) is 2.30. The van der Waals surface area contributed by atoms with Crippen molar-refractivity contribution in [3.63, 3.8) is 0 Å². The molecule has 0 bridgehead atoms. The number of rotatable bonds is 5. The number of nitrogens with zero attached hydrogens (tertiary/aromatic N) is 1. The van der Waals surface area contributed by atoms with Gasteiger partial charge in [0.05, 0.1) is 12.1 Å². The van der Waals surface area contributed by atoms with Crippen LogP contribution in [-0.4, -0.2) is 52.8 Å². The number of carbonyl (C=O) groups is 2. The number of hydrogen-bond donors (Lipinski definition) is 2. The third-order valence-corrected chi connectivity index (χ3v) is 3.98. The zero-order valence-electron chi connectivity index (χ0n) is 15.1. The van der Waals surface area contributed by atoms with Crippen molar-refractivity contribution in [2.45, 2.75) is 78.0 Å². The fourth-order valence-electron chi connectivity index (χ4n) is 2.90. The lowest BCUT2D eigenvalue weighted by Crippen LogP contribution is -2.55. The Balaban J connectivity index is 2.73. The van der Waals surface area contributed by atoms with Crippen LogP contribution in [0.15, 0.2) is 0 Å². The van der Waals surface area contributed by atoms with Crippen LogP contribution in [-0.2, 0) is 9.53 Å². The molecule has 1 rings (SSSR count). The highest BCUT2D eigenvalue weighted by Gasteiger charge is 2.34. The molecule has 0 aliphatic carbocycles. The monoisotopic (exact) mass is 328 g/mol. The third kappa shape index (κ3) is 6.77. The fourth-order valence-corrected chi connectivity index (χ4v) is 2.90. The second-order valence-electron chi connectivity index (χ2n) is 7.36. The lowest BCUT2D eigenvalue weighted by Gasteiger charge is -2.40. The highest BCUT2D eigenvalue weighted by molar-refractivity contribution is 5.76. The van der Waals surface area contributed by atoms with E-state index in [4.69, 9.17) is 4.74 Å². The van der Waals surface area contributed by atoms with E-state index in [1.165, 1.54) is 0 Å². The molecule has 134 valence electrons. The van der Waals surface area contributed by atoms with E-state index < -0.39 is 17.8 Å². The minimum absolute atomic E-state index is 0.0190. The van der Waals surface area contributed by atoms with Gasteiger partial charge >= 0.3 is 6.09 Å². The lowest BCUT2D eigenvalue weighted by atomic mass is 9.88. The summed E-state index contributed by atoms with van der Waals surface area (Å²) in [5.41, 5.74) is -0.557. The number of piperidine rings is 1. The Morgan fingerprint density at radius 2 is 1.96 bits per heavy atom. The Morgan fingerprint density at radius 1 is 1.30 bits per heavy atom. The molecule has 0 aromatic rings. The minimum Gasteiger partial charge on any atom is -0.444 e. The van der Waals surface area contributed by atoms with Gasteiger partial charge in [-0.25, -0.2) is 4.79 Å². The molecule has 0 aromatic heterocycles. The number of alkyl carbamates (subject to hydrolysis) is 1. The molecular formula is C17H32N2O4. The molecule has 1 saturated heterocycles. The van der Waals surface area contributed by atoms with Crippen LogP contribution in [0.25, 0.3) is 0 Å². The molecule has 6 nitrogen and oxygen atoms in total. The summed E-state index contributed by atoms with van der Waals surface area (Å²) in [5.74, 6) is 0.0611. The van der Waals surface area contributed by atoms with E-state index in [0.717, 1.165) is 6.42 Å². The maximum absolute atomic E-state index is 12.2. The van der Waals surface area contributed by atoms with Crippen LogP contribution in [0, 0.1) is 5.92 Å². The number of amides is 2. The van der Waals surface area contributed by atoms with E-state index in [0.29, 0.717) is 32.4 Å². The number of aliphatic hydroxyl groups is 1. The Labute approximate surface area is 139 Å². The molecular weight excluding hydrogens is 296 g/mol. The Kier molecular flexibility index (Phi) is 7.32. The molecule has 1 heterocycles. The molecule has 2 N–H and O–H groups in total. The maximum atomic E-state index is 12.2. The van der Waals surface area contributed by atoms with Crippen LogP contribution in [0.4, 0.5) is 4.79 Å². The van der Waals surface area contributed by atoms with Crippen molar-refractivity contribution in [2.75, 3.05) is 13.1 Å².